The fourth-order valence-electron chi connectivity index (χ4n) is 1.57. The van der Waals surface area contributed by atoms with E-state index in [2.05, 4.69) is 15.6 Å². The molecule has 1 unspecified atom stereocenters. The van der Waals surface area contributed by atoms with Crippen LogP contribution in [0.25, 0.3) is 0 Å². The van der Waals surface area contributed by atoms with Gasteiger partial charge in [-0.05, 0) is 19.4 Å². The number of hydrogen-bond donors (Lipinski definition) is 2. The molecule has 1 saturated heterocycles. The van der Waals surface area contributed by atoms with E-state index in [9.17, 15) is 0 Å². The second kappa shape index (κ2) is 2.58. The Kier molecular flexibility index (Phi) is 1.59. The maximum atomic E-state index is 4.36. The first-order valence-corrected chi connectivity index (χ1v) is 3.98. The van der Waals surface area contributed by atoms with Crippen LogP contribution in [0.5, 0.6) is 0 Å². The van der Waals surface area contributed by atoms with Crippen molar-refractivity contribution in [3.05, 3.63) is 0 Å². The van der Waals surface area contributed by atoms with Gasteiger partial charge in [0, 0.05) is 6.54 Å². The molecule has 2 N–H and O–H groups in total. The van der Waals surface area contributed by atoms with Gasteiger partial charge in [-0.3, -0.25) is 4.99 Å². The lowest BCUT2D eigenvalue weighted by atomic mass is 10.2. The zero-order valence-electron chi connectivity index (χ0n) is 6.06. The van der Waals surface area contributed by atoms with Crippen molar-refractivity contribution in [2.24, 2.45) is 4.99 Å². The topological polar surface area (TPSA) is 36.4 Å². The molecule has 0 saturated carbocycles. The minimum absolute atomic E-state index is 0.544. The first-order valence-electron chi connectivity index (χ1n) is 3.98. The van der Waals surface area contributed by atoms with Gasteiger partial charge < -0.3 is 10.6 Å². The minimum Gasteiger partial charge on any atom is -0.371 e. The third-order valence-corrected chi connectivity index (χ3v) is 2.09. The lowest BCUT2D eigenvalue weighted by molar-refractivity contribution is 0.743. The smallest absolute Gasteiger partial charge is 0.114 e. The van der Waals surface area contributed by atoms with Gasteiger partial charge in [0.15, 0.2) is 0 Å². The number of amidine groups is 1. The summed E-state index contributed by atoms with van der Waals surface area (Å²) in [6, 6.07) is 0.544. The van der Waals surface area contributed by atoms with Gasteiger partial charge in [0.2, 0.25) is 0 Å². The van der Waals surface area contributed by atoms with Crippen LogP contribution in [0.2, 0.25) is 0 Å². The van der Waals surface area contributed by atoms with Gasteiger partial charge >= 0.3 is 0 Å². The van der Waals surface area contributed by atoms with Crippen LogP contribution in [0.3, 0.4) is 0 Å². The van der Waals surface area contributed by atoms with Gasteiger partial charge in [-0.15, -0.1) is 0 Å². The third kappa shape index (κ3) is 1.01. The first kappa shape index (κ1) is 6.16. The normalized spacial score (nSPS) is 32.0. The summed E-state index contributed by atoms with van der Waals surface area (Å²) >= 11 is 0. The van der Waals surface area contributed by atoms with Gasteiger partial charge in [-0.2, -0.15) is 0 Å². The van der Waals surface area contributed by atoms with E-state index in [1.807, 2.05) is 0 Å². The summed E-state index contributed by atoms with van der Waals surface area (Å²) in [4.78, 5) is 4.36. The largest absolute Gasteiger partial charge is 0.371 e. The Bertz CT molecular complexity index is 147. The molecule has 0 aromatic carbocycles. The van der Waals surface area contributed by atoms with Crippen molar-refractivity contribution in [2.45, 2.75) is 18.9 Å². The maximum absolute atomic E-state index is 4.36. The molecular weight excluding hydrogens is 126 g/mol. The number of aliphatic imine (C=N–C) groups is 1. The molecule has 2 aliphatic heterocycles. The average molecular weight is 139 g/mol. The predicted octanol–water partition coefficient (Wildman–Crippen LogP) is -0.260. The predicted molar refractivity (Wildman–Crippen MR) is 41.3 cm³/mol. The Morgan fingerprint density at radius 2 is 2.40 bits per heavy atom. The number of hydrogen-bond acceptors (Lipinski definition) is 3. The highest BCUT2D eigenvalue weighted by Gasteiger charge is 2.21. The van der Waals surface area contributed by atoms with E-state index < -0.39 is 0 Å². The quantitative estimate of drug-likeness (QED) is 0.525. The van der Waals surface area contributed by atoms with Crippen molar-refractivity contribution in [2.75, 3.05) is 19.6 Å². The summed E-state index contributed by atoms with van der Waals surface area (Å²) in [6.07, 6.45) is 2.55. The molecule has 0 bridgehead atoms. The lowest BCUT2D eigenvalue weighted by Gasteiger charge is -2.09. The van der Waals surface area contributed by atoms with E-state index in [0.29, 0.717) is 6.04 Å². The molecule has 10 heavy (non-hydrogen) atoms. The molecule has 56 valence electrons. The van der Waals surface area contributed by atoms with Gasteiger partial charge in [-0.1, -0.05) is 0 Å². The van der Waals surface area contributed by atoms with Crippen LogP contribution in [0.15, 0.2) is 4.99 Å². The highest BCUT2D eigenvalue weighted by Crippen LogP contribution is 2.06. The van der Waals surface area contributed by atoms with E-state index >= 15 is 0 Å². The van der Waals surface area contributed by atoms with E-state index in [-0.39, 0.29) is 0 Å². The monoisotopic (exact) mass is 139 g/mol. The van der Waals surface area contributed by atoms with E-state index in [1.54, 1.807) is 0 Å². The highest BCUT2D eigenvalue weighted by atomic mass is 15.1. The van der Waals surface area contributed by atoms with Crippen molar-refractivity contribution in [3.8, 4) is 0 Å². The average Bonchev–Trinajstić information content (AvgIpc) is 2.59. The highest BCUT2D eigenvalue weighted by molar-refractivity contribution is 5.88. The van der Waals surface area contributed by atoms with Crippen molar-refractivity contribution >= 4 is 5.84 Å². The molecule has 3 nitrogen and oxygen atoms in total. The summed E-state index contributed by atoms with van der Waals surface area (Å²) in [6.45, 7) is 3.16. The molecule has 0 radical (unpaired) electrons. The Hall–Kier alpha value is -0.570. The Labute approximate surface area is 60.9 Å². The molecule has 0 aromatic heterocycles. The van der Waals surface area contributed by atoms with Crippen molar-refractivity contribution in [1.29, 1.82) is 0 Å². The second-order valence-electron chi connectivity index (χ2n) is 2.84. The van der Waals surface area contributed by atoms with Crippen LogP contribution in [-0.4, -0.2) is 31.5 Å². The van der Waals surface area contributed by atoms with Crippen molar-refractivity contribution in [1.82, 2.24) is 10.6 Å². The zero-order chi connectivity index (χ0) is 6.81. The van der Waals surface area contributed by atoms with Crippen molar-refractivity contribution in [3.63, 3.8) is 0 Å². The summed E-state index contributed by atoms with van der Waals surface area (Å²) in [5.74, 6) is 1.19. The molecule has 3 heteroatoms. The van der Waals surface area contributed by atoms with Crippen LogP contribution in [0.4, 0.5) is 0 Å². The fourth-order valence-corrected chi connectivity index (χ4v) is 1.57. The summed E-state index contributed by atoms with van der Waals surface area (Å²) in [5, 5.41) is 6.69. The molecule has 0 aromatic rings. The Balaban J connectivity index is 1.97. The van der Waals surface area contributed by atoms with Crippen LogP contribution >= 0.6 is 0 Å². The molecule has 0 aliphatic carbocycles. The third-order valence-electron chi connectivity index (χ3n) is 2.09. The molecule has 1 atom stereocenters. The molecule has 0 spiro atoms. The van der Waals surface area contributed by atoms with Crippen LogP contribution in [0.1, 0.15) is 12.8 Å². The minimum atomic E-state index is 0.544. The molecule has 2 rings (SSSR count). The molecule has 2 heterocycles. The molecule has 0 amide bonds. The molecular formula is C7H13N3. The van der Waals surface area contributed by atoms with Gasteiger partial charge in [0.1, 0.15) is 5.84 Å². The first-order chi connectivity index (χ1) is 4.97. The number of rotatable bonds is 1. The molecule has 2 aliphatic rings. The summed E-state index contributed by atoms with van der Waals surface area (Å²) in [7, 11) is 0. The van der Waals surface area contributed by atoms with E-state index in [1.165, 1.54) is 18.7 Å². The molecule has 1 fully saturated rings. The van der Waals surface area contributed by atoms with E-state index in [0.717, 1.165) is 19.6 Å². The van der Waals surface area contributed by atoms with Crippen LogP contribution < -0.4 is 10.6 Å². The van der Waals surface area contributed by atoms with Gasteiger partial charge in [0.25, 0.3) is 0 Å². The summed E-state index contributed by atoms with van der Waals surface area (Å²) in [5.41, 5.74) is 0. The van der Waals surface area contributed by atoms with Gasteiger partial charge in [0.05, 0.1) is 12.6 Å². The van der Waals surface area contributed by atoms with E-state index in [4.69, 9.17) is 0 Å². The Morgan fingerprint density at radius 1 is 1.40 bits per heavy atom. The van der Waals surface area contributed by atoms with Crippen LogP contribution in [0, 0.1) is 0 Å². The SMILES string of the molecule is C1CNC(C2=NCCN2)C1. The second-order valence-corrected chi connectivity index (χ2v) is 2.84. The zero-order valence-corrected chi connectivity index (χ0v) is 6.06. The standard InChI is InChI=1S/C7H13N3/c1-2-6(8-3-1)7-9-4-5-10-7/h6,8H,1-5H2,(H,9,10). The van der Waals surface area contributed by atoms with Crippen molar-refractivity contribution < 1.29 is 0 Å². The number of nitrogens with zero attached hydrogens (tertiary/aromatic N) is 1. The fraction of sp³-hybridized carbons (Fsp3) is 0.857. The summed E-state index contributed by atoms with van der Waals surface area (Å²) < 4.78 is 0. The van der Waals surface area contributed by atoms with Gasteiger partial charge in [-0.25, -0.2) is 0 Å². The number of nitrogens with one attached hydrogen (secondary N) is 2. The van der Waals surface area contributed by atoms with Crippen LogP contribution in [-0.2, 0) is 0 Å². The lowest BCUT2D eigenvalue weighted by Crippen LogP contribution is -2.37. The maximum Gasteiger partial charge on any atom is 0.114 e. The Morgan fingerprint density at radius 3 is 3.00 bits per heavy atom.